The Morgan fingerprint density at radius 1 is 1.40 bits per heavy atom. The van der Waals surface area contributed by atoms with E-state index in [2.05, 4.69) is 0 Å². The summed E-state index contributed by atoms with van der Waals surface area (Å²) in [5, 5.41) is 0. The lowest BCUT2D eigenvalue weighted by molar-refractivity contribution is -0.179. The van der Waals surface area contributed by atoms with Gasteiger partial charge in [0.05, 0.1) is 6.04 Å². The molecule has 0 radical (unpaired) electrons. The van der Waals surface area contributed by atoms with Gasteiger partial charge >= 0.3 is 17.6 Å². The molecule has 0 spiro atoms. The number of nitrogens with two attached hydrogens (primary N) is 1. The molecule has 1 aromatic rings. The van der Waals surface area contributed by atoms with Crippen LogP contribution in [0.3, 0.4) is 0 Å². The number of esters is 2. The quantitative estimate of drug-likeness (QED) is 0.611. The smallest absolute Gasteiger partial charge is 0.330 e. The van der Waals surface area contributed by atoms with Crippen LogP contribution in [0.4, 0.5) is 4.39 Å². The second kappa shape index (κ2) is 7.15. The third-order valence-corrected chi connectivity index (χ3v) is 3.72. The largest absolute Gasteiger partial charge is 0.463 e. The molecule has 4 atom stereocenters. The van der Waals surface area contributed by atoms with Gasteiger partial charge in [0.2, 0.25) is 0 Å². The summed E-state index contributed by atoms with van der Waals surface area (Å²) in [6.45, 7) is 0.451. The second-order valence-electron chi connectivity index (χ2n) is 5.61. The van der Waals surface area contributed by atoms with E-state index in [1.165, 1.54) is 0 Å². The lowest BCUT2D eigenvalue weighted by Crippen LogP contribution is -2.53. The Labute approximate surface area is 140 Å². The molecule has 0 unspecified atom stereocenters. The van der Waals surface area contributed by atoms with Crippen LogP contribution in [-0.2, 0) is 23.8 Å². The maximum Gasteiger partial charge on any atom is 0.330 e. The summed E-state index contributed by atoms with van der Waals surface area (Å²) < 4.78 is 30.2. The number of ether oxygens (including phenoxy) is 3. The molecule has 0 aliphatic carbocycles. The number of nitrogens with one attached hydrogen (secondary N) is 1. The van der Waals surface area contributed by atoms with Crippen LogP contribution in [0.25, 0.3) is 0 Å². The predicted octanol–water partition coefficient (Wildman–Crippen LogP) is -1.40. The maximum atomic E-state index is 13.8. The van der Waals surface area contributed by atoms with Crippen molar-refractivity contribution < 1.29 is 28.2 Å². The summed E-state index contributed by atoms with van der Waals surface area (Å²) >= 11 is 0. The molecule has 1 aliphatic rings. The highest BCUT2D eigenvalue weighted by Crippen LogP contribution is 2.38. The highest BCUT2D eigenvalue weighted by Gasteiger charge is 2.58. The molecule has 2 rings (SSSR count). The number of halogens is 1. The van der Waals surface area contributed by atoms with Gasteiger partial charge in [-0.15, -0.1) is 0 Å². The Balaban J connectivity index is 2.44. The highest BCUT2D eigenvalue weighted by atomic mass is 19.1. The molecule has 0 amide bonds. The van der Waals surface area contributed by atoms with Crippen molar-refractivity contribution in [2.75, 3.05) is 13.3 Å². The van der Waals surface area contributed by atoms with Crippen LogP contribution in [0.1, 0.15) is 20.1 Å². The van der Waals surface area contributed by atoms with Crippen LogP contribution in [0, 0.1) is 0 Å². The minimum absolute atomic E-state index is 0.570. The van der Waals surface area contributed by atoms with Gasteiger partial charge in [0, 0.05) is 26.1 Å². The SMILES string of the molecule is CC(=O)OC[C@@]1(CF)O[C@@H](n2ccc(=O)[nH]c2=O)[C@@H](N)[C@@H]1OC(C)=O. The molecule has 2 heterocycles. The van der Waals surface area contributed by atoms with Gasteiger partial charge in [0.25, 0.3) is 5.56 Å². The standard InChI is InChI=1S/C14H18FN3O7/c1-7(19)23-6-14(5-15)11(24-8(2)20)10(16)12(25-14)18-4-3-9(21)17-13(18)22/h3-4,10-12H,5-6,16H2,1-2H3,(H,17,21,22)/t10-,11-,12+,14+/m0/s1. The van der Waals surface area contributed by atoms with Gasteiger partial charge in [0.15, 0.2) is 17.9 Å². The number of carbonyl (C=O) groups is 2. The second-order valence-corrected chi connectivity index (χ2v) is 5.61. The van der Waals surface area contributed by atoms with Gasteiger partial charge in [-0.3, -0.25) is 23.9 Å². The number of H-pyrrole nitrogens is 1. The number of carbonyl (C=O) groups excluding carboxylic acids is 2. The number of nitrogens with zero attached hydrogens (tertiary/aromatic N) is 1. The summed E-state index contributed by atoms with van der Waals surface area (Å²) in [5.41, 5.74) is 2.65. The normalized spacial score (nSPS) is 28.6. The molecule has 3 N–H and O–H groups in total. The average Bonchev–Trinajstić information content (AvgIpc) is 2.79. The number of hydrogen-bond acceptors (Lipinski definition) is 8. The molecule has 1 saturated heterocycles. The first-order valence-electron chi connectivity index (χ1n) is 7.31. The molecular weight excluding hydrogens is 341 g/mol. The summed E-state index contributed by atoms with van der Waals surface area (Å²) in [5.74, 6) is -1.45. The Kier molecular flexibility index (Phi) is 5.38. The van der Waals surface area contributed by atoms with E-state index in [1.807, 2.05) is 4.98 Å². The van der Waals surface area contributed by atoms with Crippen LogP contribution in [0.2, 0.25) is 0 Å². The first kappa shape index (κ1) is 18.8. The first-order valence-corrected chi connectivity index (χ1v) is 7.31. The summed E-state index contributed by atoms with van der Waals surface area (Å²) in [4.78, 5) is 47.6. The molecule has 10 nitrogen and oxygen atoms in total. The van der Waals surface area contributed by atoms with E-state index < -0.39 is 60.4 Å². The third-order valence-electron chi connectivity index (χ3n) is 3.72. The third kappa shape index (κ3) is 3.77. The highest BCUT2D eigenvalue weighted by molar-refractivity contribution is 5.67. The Bertz CT molecular complexity index is 776. The minimum Gasteiger partial charge on any atom is -0.463 e. The van der Waals surface area contributed by atoms with Crippen LogP contribution < -0.4 is 17.0 Å². The molecule has 0 bridgehead atoms. The molecule has 1 aliphatic heterocycles. The molecular formula is C14H18FN3O7. The van der Waals surface area contributed by atoms with E-state index in [0.717, 1.165) is 30.7 Å². The fourth-order valence-electron chi connectivity index (χ4n) is 2.61. The Hall–Kier alpha value is -2.53. The van der Waals surface area contributed by atoms with Gasteiger partial charge in [0.1, 0.15) is 13.3 Å². The van der Waals surface area contributed by atoms with E-state index in [0.29, 0.717) is 0 Å². The number of aromatic nitrogens is 2. The molecule has 1 aromatic heterocycles. The van der Waals surface area contributed by atoms with Crippen LogP contribution in [0.15, 0.2) is 21.9 Å². The zero-order valence-corrected chi connectivity index (χ0v) is 13.6. The molecule has 0 saturated carbocycles. The van der Waals surface area contributed by atoms with Crippen LogP contribution in [0.5, 0.6) is 0 Å². The van der Waals surface area contributed by atoms with Crippen LogP contribution in [-0.4, -0.2) is 52.5 Å². The lowest BCUT2D eigenvalue weighted by atomic mass is 9.96. The Morgan fingerprint density at radius 2 is 2.08 bits per heavy atom. The van der Waals surface area contributed by atoms with Crippen molar-refractivity contribution in [2.45, 2.75) is 37.8 Å². The van der Waals surface area contributed by atoms with Crippen molar-refractivity contribution in [3.05, 3.63) is 33.1 Å². The van der Waals surface area contributed by atoms with Crippen molar-refractivity contribution in [3.63, 3.8) is 0 Å². The molecule has 11 heteroatoms. The van der Waals surface area contributed by atoms with Crippen LogP contribution >= 0.6 is 0 Å². The lowest BCUT2D eigenvalue weighted by Gasteiger charge is -2.30. The van der Waals surface area contributed by atoms with Gasteiger partial charge in [-0.05, 0) is 0 Å². The van der Waals surface area contributed by atoms with Crippen molar-refractivity contribution >= 4 is 11.9 Å². The van der Waals surface area contributed by atoms with E-state index in [4.69, 9.17) is 19.9 Å². The number of rotatable bonds is 5. The Morgan fingerprint density at radius 3 is 2.60 bits per heavy atom. The summed E-state index contributed by atoms with van der Waals surface area (Å²) in [7, 11) is 0. The summed E-state index contributed by atoms with van der Waals surface area (Å²) in [6, 6.07) is -0.0985. The van der Waals surface area contributed by atoms with Gasteiger partial charge in [-0.2, -0.15) is 0 Å². The summed E-state index contributed by atoms with van der Waals surface area (Å²) in [6.07, 6.45) is -1.45. The number of hydrogen-bond donors (Lipinski definition) is 2. The van der Waals surface area contributed by atoms with Gasteiger partial charge in [-0.1, -0.05) is 0 Å². The number of alkyl halides is 1. The van der Waals surface area contributed by atoms with Gasteiger partial charge in [-0.25, -0.2) is 9.18 Å². The fraction of sp³-hybridized carbons (Fsp3) is 0.571. The minimum atomic E-state index is -1.88. The monoisotopic (exact) mass is 359 g/mol. The average molecular weight is 359 g/mol. The van der Waals surface area contributed by atoms with E-state index in [9.17, 15) is 23.6 Å². The van der Waals surface area contributed by atoms with Crippen molar-refractivity contribution in [1.29, 1.82) is 0 Å². The number of aromatic amines is 1. The van der Waals surface area contributed by atoms with E-state index >= 15 is 0 Å². The zero-order valence-electron chi connectivity index (χ0n) is 13.6. The van der Waals surface area contributed by atoms with Crippen molar-refractivity contribution in [1.82, 2.24) is 9.55 Å². The van der Waals surface area contributed by atoms with Crippen molar-refractivity contribution in [3.8, 4) is 0 Å². The predicted molar refractivity (Wildman–Crippen MR) is 80.3 cm³/mol. The molecule has 0 aromatic carbocycles. The molecule has 138 valence electrons. The molecule has 1 fully saturated rings. The van der Waals surface area contributed by atoms with Crippen molar-refractivity contribution in [2.24, 2.45) is 5.73 Å². The fourth-order valence-corrected chi connectivity index (χ4v) is 2.61. The topological polar surface area (TPSA) is 143 Å². The van der Waals surface area contributed by atoms with Gasteiger partial charge < -0.3 is 19.9 Å². The molecule has 25 heavy (non-hydrogen) atoms. The van der Waals surface area contributed by atoms with E-state index in [-0.39, 0.29) is 0 Å². The maximum absolute atomic E-state index is 13.8. The zero-order chi connectivity index (χ0) is 18.8. The first-order chi connectivity index (χ1) is 11.7. The van der Waals surface area contributed by atoms with E-state index in [1.54, 1.807) is 0 Å².